The zero-order valence-corrected chi connectivity index (χ0v) is 13.3. The van der Waals surface area contributed by atoms with Crippen molar-refractivity contribution in [3.63, 3.8) is 0 Å². The summed E-state index contributed by atoms with van der Waals surface area (Å²) >= 11 is 0. The highest BCUT2D eigenvalue weighted by Gasteiger charge is 2.07. The second-order valence-corrected chi connectivity index (χ2v) is 5.06. The summed E-state index contributed by atoms with van der Waals surface area (Å²) in [4.78, 5) is 12.3. The number of nitrogens with zero attached hydrogens (tertiary/aromatic N) is 3. The number of hydrogen-bond acceptors (Lipinski definition) is 6. The Morgan fingerprint density at radius 2 is 1.83 bits per heavy atom. The Labute approximate surface area is 140 Å². The van der Waals surface area contributed by atoms with Crippen molar-refractivity contribution >= 4 is 5.95 Å². The third-order valence-electron chi connectivity index (χ3n) is 3.36. The smallest absolute Gasteiger partial charge is 0.222 e. The zero-order valence-electron chi connectivity index (χ0n) is 13.3. The first-order valence-electron chi connectivity index (χ1n) is 7.54. The van der Waals surface area contributed by atoms with Gasteiger partial charge in [-0.2, -0.15) is 0 Å². The van der Waals surface area contributed by atoms with Crippen molar-refractivity contribution in [2.45, 2.75) is 13.2 Å². The van der Waals surface area contributed by atoms with Crippen LogP contribution in [0, 0.1) is 0 Å². The highest BCUT2D eigenvalue weighted by Crippen LogP contribution is 2.29. The topological polar surface area (TPSA) is 69.2 Å². The fourth-order valence-corrected chi connectivity index (χ4v) is 2.16. The van der Waals surface area contributed by atoms with Gasteiger partial charge in [-0.1, -0.05) is 12.1 Å². The molecule has 0 bridgehead atoms. The van der Waals surface area contributed by atoms with Gasteiger partial charge in [0.05, 0.1) is 7.11 Å². The number of anilines is 1. The zero-order chi connectivity index (χ0) is 16.6. The summed E-state index contributed by atoms with van der Waals surface area (Å²) in [6.45, 7) is 1.04. The SMILES string of the molecule is COc1cc(CNc2ncccn2)ccc1OCc1cccnc1. The van der Waals surface area contributed by atoms with Crippen LogP contribution in [-0.4, -0.2) is 22.1 Å². The highest BCUT2D eigenvalue weighted by molar-refractivity contribution is 5.44. The van der Waals surface area contributed by atoms with Crippen LogP contribution in [0.25, 0.3) is 0 Å². The van der Waals surface area contributed by atoms with Gasteiger partial charge >= 0.3 is 0 Å². The molecule has 3 rings (SSSR count). The van der Waals surface area contributed by atoms with E-state index in [-0.39, 0.29) is 0 Å². The summed E-state index contributed by atoms with van der Waals surface area (Å²) in [5.74, 6) is 1.97. The average Bonchev–Trinajstić information content (AvgIpc) is 2.66. The van der Waals surface area contributed by atoms with Gasteiger partial charge in [0.1, 0.15) is 6.61 Å². The Kier molecular flexibility index (Phi) is 5.19. The van der Waals surface area contributed by atoms with Crippen molar-refractivity contribution in [1.29, 1.82) is 0 Å². The first-order chi connectivity index (χ1) is 11.8. The molecule has 0 aliphatic heterocycles. The molecule has 6 heteroatoms. The van der Waals surface area contributed by atoms with E-state index in [1.807, 2.05) is 30.3 Å². The summed E-state index contributed by atoms with van der Waals surface area (Å²) in [5.41, 5.74) is 2.06. The van der Waals surface area contributed by atoms with Gasteiger partial charge in [-0.15, -0.1) is 0 Å². The van der Waals surface area contributed by atoms with E-state index in [0.717, 1.165) is 11.1 Å². The number of hydrogen-bond donors (Lipinski definition) is 1. The molecule has 24 heavy (non-hydrogen) atoms. The monoisotopic (exact) mass is 322 g/mol. The molecule has 0 aliphatic rings. The highest BCUT2D eigenvalue weighted by atomic mass is 16.5. The molecule has 0 unspecified atom stereocenters. The minimum atomic E-state index is 0.444. The number of aromatic nitrogens is 3. The predicted molar refractivity (Wildman–Crippen MR) is 90.9 cm³/mol. The van der Waals surface area contributed by atoms with Crippen molar-refractivity contribution in [2.75, 3.05) is 12.4 Å². The Morgan fingerprint density at radius 1 is 0.958 bits per heavy atom. The van der Waals surface area contributed by atoms with E-state index < -0.39 is 0 Å². The maximum atomic E-state index is 5.82. The largest absolute Gasteiger partial charge is 0.493 e. The number of benzene rings is 1. The number of pyridine rings is 1. The van der Waals surface area contributed by atoms with Crippen LogP contribution in [-0.2, 0) is 13.2 Å². The van der Waals surface area contributed by atoms with E-state index in [9.17, 15) is 0 Å². The second-order valence-electron chi connectivity index (χ2n) is 5.06. The van der Waals surface area contributed by atoms with Crippen LogP contribution in [0.5, 0.6) is 11.5 Å². The number of methoxy groups -OCH3 is 1. The van der Waals surface area contributed by atoms with Gasteiger partial charge < -0.3 is 14.8 Å². The minimum absolute atomic E-state index is 0.444. The quantitative estimate of drug-likeness (QED) is 0.721. The maximum Gasteiger partial charge on any atom is 0.222 e. The van der Waals surface area contributed by atoms with Gasteiger partial charge in [0, 0.05) is 36.9 Å². The van der Waals surface area contributed by atoms with E-state index in [2.05, 4.69) is 20.3 Å². The minimum Gasteiger partial charge on any atom is -0.493 e. The molecule has 3 aromatic rings. The molecule has 0 spiro atoms. The molecule has 0 aliphatic carbocycles. The Hall–Kier alpha value is -3.15. The van der Waals surface area contributed by atoms with Crippen LogP contribution < -0.4 is 14.8 Å². The van der Waals surface area contributed by atoms with Crippen LogP contribution in [0.1, 0.15) is 11.1 Å². The maximum absolute atomic E-state index is 5.82. The van der Waals surface area contributed by atoms with Crippen molar-refractivity contribution in [2.24, 2.45) is 0 Å². The number of rotatable bonds is 7. The summed E-state index contributed by atoms with van der Waals surface area (Å²) in [5, 5.41) is 3.16. The standard InChI is InChI=1S/C18H18N4O2/c1-23-17-10-14(12-22-18-20-8-3-9-21-18)5-6-16(17)24-13-15-4-2-7-19-11-15/h2-11H,12-13H2,1H3,(H,20,21,22). The van der Waals surface area contributed by atoms with Crippen molar-refractivity contribution in [1.82, 2.24) is 15.0 Å². The summed E-state index contributed by atoms with van der Waals surface area (Å²) < 4.78 is 11.2. The molecule has 0 saturated heterocycles. The van der Waals surface area contributed by atoms with Crippen molar-refractivity contribution in [3.8, 4) is 11.5 Å². The lowest BCUT2D eigenvalue weighted by Gasteiger charge is -2.12. The predicted octanol–water partition coefficient (Wildman–Crippen LogP) is 3.07. The Morgan fingerprint density at radius 3 is 2.58 bits per heavy atom. The molecular weight excluding hydrogens is 304 g/mol. The molecule has 0 saturated carbocycles. The fraction of sp³-hybridized carbons (Fsp3) is 0.167. The first kappa shape index (κ1) is 15.7. The lowest BCUT2D eigenvalue weighted by atomic mass is 10.2. The molecular formula is C18H18N4O2. The normalized spacial score (nSPS) is 10.2. The molecule has 0 atom stereocenters. The molecule has 0 radical (unpaired) electrons. The van der Waals surface area contributed by atoms with Crippen LogP contribution in [0.4, 0.5) is 5.95 Å². The second kappa shape index (κ2) is 7.92. The van der Waals surface area contributed by atoms with Gasteiger partial charge in [-0.05, 0) is 29.8 Å². The summed E-state index contributed by atoms with van der Waals surface area (Å²) in [7, 11) is 1.63. The fourth-order valence-electron chi connectivity index (χ4n) is 2.16. The van der Waals surface area contributed by atoms with E-state index in [1.54, 1.807) is 38.0 Å². The molecule has 2 aromatic heterocycles. The molecule has 0 amide bonds. The van der Waals surface area contributed by atoms with E-state index in [1.165, 1.54) is 0 Å². The first-order valence-corrected chi connectivity index (χ1v) is 7.54. The third-order valence-corrected chi connectivity index (χ3v) is 3.36. The van der Waals surface area contributed by atoms with Crippen molar-refractivity contribution < 1.29 is 9.47 Å². The lowest BCUT2D eigenvalue weighted by molar-refractivity contribution is 0.284. The molecule has 1 aromatic carbocycles. The van der Waals surface area contributed by atoms with Crippen LogP contribution in [0.15, 0.2) is 61.2 Å². The molecule has 2 heterocycles. The summed E-state index contributed by atoms with van der Waals surface area (Å²) in [6, 6.07) is 11.5. The van der Waals surface area contributed by atoms with Gasteiger partial charge in [0.2, 0.25) is 5.95 Å². The molecule has 1 N–H and O–H groups in total. The molecule has 122 valence electrons. The van der Waals surface area contributed by atoms with Gasteiger partial charge in [-0.25, -0.2) is 9.97 Å². The molecule has 0 fully saturated rings. The van der Waals surface area contributed by atoms with Crippen LogP contribution in [0.2, 0.25) is 0 Å². The van der Waals surface area contributed by atoms with Gasteiger partial charge in [0.15, 0.2) is 11.5 Å². The Balaban J connectivity index is 1.64. The summed E-state index contributed by atoms with van der Waals surface area (Å²) in [6.07, 6.45) is 6.92. The van der Waals surface area contributed by atoms with Gasteiger partial charge in [-0.3, -0.25) is 4.98 Å². The number of nitrogens with one attached hydrogen (secondary N) is 1. The molecule has 6 nitrogen and oxygen atoms in total. The van der Waals surface area contributed by atoms with Crippen LogP contribution >= 0.6 is 0 Å². The van der Waals surface area contributed by atoms with E-state index in [4.69, 9.17) is 9.47 Å². The Bertz CT molecular complexity index is 766. The van der Waals surface area contributed by atoms with Crippen LogP contribution in [0.3, 0.4) is 0 Å². The average molecular weight is 322 g/mol. The van der Waals surface area contributed by atoms with Gasteiger partial charge in [0.25, 0.3) is 0 Å². The third kappa shape index (κ3) is 4.19. The number of ether oxygens (including phenoxy) is 2. The van der Waals surface area contributed by atoms with E-state index >= 15 is 0 Å². The van der Waals surface area contributed by atoms with E-state index in [0.29, 0.717) is 30.6 Å². The van der Waals surface area contributed by atoms with Crippen molar-refractivity contribution in [3.05, 3.63) is 72.3 Å². The lowest BCUT2D eigenvalue weighted by Crippen LogP contribution is -2.04.